The van der Waals surface area contributed by atoms with Crippen molar-refractivity contribution in [2.75, 3.05) is 19.7 Å². The Morgan fingerprint density at radius 2 is 2.03 bits per heavy atom. The van der Waals surface area contributed by atoms with Gasteiger partial charge in [0.25, 0.3) is 0 Å². The average Bonchev–Trinajstić information content (AvgIpc) is 3.38. The van der Waals surface area contributed by atoms with Crippen LogP contribution in [0.2, 0.25) is 0 Å². The fraction of sp³-hybridized carbons (Fsp3) is 0.800. The van der Waals surface area contributed by atoms with Crippen molar-refractivity contribution in [3.63, 3.8) is 0 Å². The lowest BCUT2D eigenvalue weighted by Gasteiger charge is -2.57. The minimum absolute atomic E-state index is 0.102. The molecule has 1 saturated heterocycles. The van der Waals surface area contributed by atoms with E-state index in [0.717, 1.165) is 76.6 Å². The third-order valence-corrected chi connectivity index (χ3v) is 9.28. The number of carbonyl (C=O) groups is 2. The van der Waals surface area contributed by atoms with Crippen LogP contribution in [0, 0.1) is 28.6 Å². The SMILES string of the molecule is CC(=O)OC[C@]12CCC(=NOC3CCNC3)C=C1CCC1C2CC[C@]2(C)C(=O)CCC12. The van der Waals surface area contributed by atoms with Gasteiger partial charge in [0, 0.05) is 37.1 Å². The van der Waals surface area contributed by atoms with Crippen molar-refractivity contribution in [2.24, 2.45) is 33.7 Å². The van der Waals surface area contributed by atoms with Gasteiger partial charge >= 0.3 is 5.97 Å². The van der Waals surface area contributed by atoms with E-state index in [-0.39, 0.29) is 22.9 Å². The van der Waals surface area contributed by atoms with Crippen LogP contribution < -0.4 is 5.32 Å². The molecular formula is C25H36N2O4. The fourth-order valence-corrected chi connectivity index (χ4v) is 7.58. The monoisotopic (exact) mass is 428 g/mol. The molecule has 0 aromatic rings. The second-order valence-corrected chi connectivity index (χ2v) is 10.7. The van der Waals surface area contributed by atoms with E-state index in [1.807, 2.05) is 0 Å². The van der Waals surface area contributed by atoms with Crippen LogP contribution >= 0.6 is 0 Å². The number of oxime groups is 1. The molecule has 0 aromatic carbocycles. The lowest BCUT2D eigenvalue weighted by atomic mass is 9.47. The van der Waals surface area contributed by atoms with Gasteiger partial charge in [-0.2, -0.15) is 0 Å². The number of nitrogens with one attached hydrogen (secondary N) is 1. The maximum absolute atomic E-state index is 12.7. The van der Waals surface area contributed by atoms with Crippen LogP contribution in [0.4, 0.5) is 0 Å². The Morgan fingerprint density at radius 1 is 1.16 bits per heavy atom. The van der Waals surface area contributed by atoms with E-state index in [0.29, 0.717) is 30.1 Å². The Hall–Kier alpha value is -1.69. The van der Waals surface area contributed by atoms with E-state index in [4.69, 9.17) is 9.57 Å². The molecule has 4 aliphatic carbocycles. The van der Waals surface area contributed by atoms with Crippen molar-refractivity contribution >= 4 is 17.5 Å². The van der Waals surface area contributed by atoms with Gasteiger partial charge in [-0.05, 0) is 75.3 Å². The van der Waals surface area contributed by atoms with E-state index in [1.54, 1.807) is 0 Å². The first kappa shape index (κ1) is 21.2. The smallest absolute Gasteiger partial charge is 0.302 e. The van der Waals surface area contributed by atoms with Crippen molar-refractivity contribution in [2.45, 2.75) is 77.7 Å². The predicted octanol–water partition coefficient (Wildman–Crippen LogP) is 3.80. The van der Waals surface area contributed by atoms with Gasteiger partial charge in [0.1, 0.15) is 18.5 Å². The summed E-state index contributed by atoms with van der Waals surface area (Å²) >= 11 is 0. The first-order valence-electron chi connectivity index (χ1n) is 12.2. The number of allylic oxidation sites excluding steroid dienone is 1. The molecule has 170 valence electrons. The average molecular weight is 429 g/mol. The molecule has 4 fully saturated rings. The van der Waals surface area contributed by atoms with E-state index in [1.165, 1.54) is 12.5 Å². The molecule has 0 aromatic heterocycles. The van der Waals surface area contributed by atoms with Crippen LogP contribution in [0.3, 0.4) is 0 Å². The summed E-state index contributed by atoms with van der Waals surface area (Å²) in [6.07, 6.45) is 11.2. The lowest BCUT2D eigenvalue weighted by molar-refractivity contribution is -0.149. The van der Waals surface area contributed by atoms with Gasteiger partial charge in [0.05, 0.1) is 5.71 Å². The van der Waals surface area contributed by atoms with E-state index in [2.05, 4.69) is 23.5 Å². The summed E-state index contributed by atoms with van der Waals surface area (Å²) < 4.78 is 5.70. The van der Waals surface area contributed by atoms with E-state index in [9.17, 15) is 9.59 Å². The molecule has 5 rings (SSSR count). The van der Waals surface area contributed by atoms with Gasteiger partial charge < -0.3 is 14.9 Å². The van der Waals surface area contributed by atoms with E-state index >= 15 is 0 Å². The van der Waals surface area contributed by atoms with Crippen molar-refractivity contribution in [1.82, 2.24) is 5.32 Å². The molecule has 4 unspecified atom stereocenters. The van der Waals surface area contributed by atoms with Crippen molar-refractivity contribution in [3.05, 3.63) is 11.6 Å². The molecule has 0 spiro atoms. The number of ether oxygens (including phenoxy) is 1. The largest absolute Gasteiger partial charge is 0.465 e. The Labute approximate surface area is 185 Å². The summed E-state index contributed by atoms with van der Waals surface area (Å²) in [6, 6.07) is 0. The number of fused-ring (bicyclic) bond motifs is 5. The highest BCUT2D eigenvalue weighted by atomic mass is 16.6. The number of rotatable bonds is 4. The van der Waals surface area contributed by atoms with Gasteiger partial charge in [-0.3, -0.25) is 9.59 Å². The number of nitrogens with zero attached hydrogens (tertiary/aromatic N) is 1. The van der Waals surface area contributed by atoms with Gasteiger partial charge in [-0.25, -0.2) is 0 Å². The highest BCUT2D eigenvalue weighted by molar-refractivity contribution is 5.96. The second kappa shape index (κ2) is 8.02. The minimum Gasteiger partial charge on any atom is -0.465 e. The fourth-order valence-electron chi connectivity index (χ4n) is 7.58. The third kappa shape index (κ3) is 3.55. The normalized spacial score (nSPS) is 43.1. The summed E-state index contributed by atoms with van der Waals surface area (Å²) in [5.41, 5.74) is 2.18. The quantitative estimate of drug-likeness (QED) is 0.544. The second-order valence-electron chi connectivity index (χ2n) is 10.7. The number of hydrogen-bond donors (Lipinski definition) is 1. The van der Waals surface area contributed by atoms with Crippen LogP contribution in [-0.4, -0.2) is 43.3 Å². The molecule has 6 heteroatoms. The van der Waals surface area contributed by atoms with Crippen molar-refractivity contribution < 1.29 is 19.2 Å². The van der Waals surface area contributed by atoms with Crippen LogP contribution in [0.5, 0.6) is 0 Å². The Balaban J connectivity index is 1.42. The molecule has 5 aliphatic rings. The molecule has 6 nitrogen and oxygen atoms in total. The molecule has 3 saturated carbocycles. The van der Waals surface area contributed by atoms with Crippen molar-refractivity contribution in [3.8, 4) is 0 Å². The lowest BCUT2D eigenvalue weighted by Crippen LogP contribution is -2.53. The summed E-state index contributed by atoms with van der Waals surface area (Å²) in [7, 11) is 0. The van der Waals surface area contributed by atoms with Gasteiger partial charge in [0.2, 0.25) is 0 Å². The van der Waals surface area contributed by atoms with Gasteiger partial charge in [-0.1, -0.05) is 17.7 Å². The summed E-state index contributed by atoms with van der Waals surface area (Å²) in [5.74, 6) is 1.80. The number of hydrogen-bond acceptors (Lipinski definition) is 6. The van der Waals surface area contributed by atoms with Crippen LogP contribution in [0.15, 0.2) is 16.8 Å². The standard InChI is InChI=1S/C25H36N2O4/c1-16(28)30-15-25-11-7-18(27-31-19-9-12-26-14-19)13-17(25)3-4-20-21-5-6-23(29)24(21,2)10-8-22(20)25/h13,19-22,26H,3-12,14-15H2,1-2H3/t19?,20?,21?,22?,24-,25+/m0/s1. The third-order valence-electron chi connectivity index (χ3n) is 9.28. The Bertz CT molecular complexity index is 814. The number of carbonyl (C=O) groups excluding carboxylic acids is 2. The molecule has 6 atom stereocenters. The molecular weight excluding hydrogens is 392 g/mol. The zero-order valence-electron chi connectivity index (χ0n) is 19.0. The highest BCUT2D eigenvalue weighted by Gasteiger charge is 2.60. The highest BCUT2D eigenvalue weighted by Crippen LogP contribution is 2.64. The Morgan fingerprint density at radius 3 is 2.81 bits per heavy atom. The molecule has 31 heavy (non-hydrogen) atoms. The number of ketones is 1. The summed E-state index contributed by atoms with van der Waals surface area (Å²) in [6.45, 7) is 6.05. The van der Waals surface area contributed by atoms with Crippen LogP contribution in [-0.2, 0) is 19.2 Å². The molecule has 1 aliphatic heterocycles. The van der Waals surface area contributed by atoms with E-state index < -0.39 is 0 Å². The topological polar surface area (TPSA) is 77.0 Å². The minimum atomic E-state index is -0.205. The first-order valence-corrected chi connectivity index (χ1v) is 12.2. The number of Topliss-reactive ketones (excluding diaryl/α,β-unsaturated/α-hetero) is 1. The van der Waals surface area contributed by atoms with Crippen LogP contribution in [0.25, 0.3) is 0 Å². The maximum atomic E-state index is 12.7. The van der Waals surface area contributed by atoms with Crippen LogP contribution in [0.1, 0.15) is 71.6 Å². The zero-order chi connectivity index (χ0) is 21.6. The molecule has 0 bridgehead atoms. The number of esters is 1. The molecule has 0 amide bonds. The molecule has 1 N–H and O–H groups in total. The predicted molar refractivity (Wildman–Crippen MR) is 117 cm³/mol. The first-order chi connectivity index (χ1) is 14.9. The van der Waals surface area contributed by atoms with Crippen molar-refractivity contribution in [1.29, 1.82) is 0 Å². The summed E-state index contributed by atoms with van der Waals surface area (Å²) in [4.78, 5) is 30.3. The summed E-state index contributed by atoms with van der Waals surface area (Å²) in [5, 5.41) is 7.82. The Kier molecular flexibility index (Phi) is 5.48. The van der Waals surface area contributed by atoms with Gasteiger partial charge in [0.15, 0.2) is 0 Å². The molecule has 0 radical (unpaired) electrons. The zero-order valence-corrected chi connectivity index (χ0v) is 19.0. The molecule has 1 heterocycles. The van der Waals surface area contributed by atoms with Gasteiger partial charge in [-0.15, -0.1) is 0 Å². The maximum Gasteiger partial charge on any atom is 0.302 e.